The lowest BCUT2D eigenvalue weighted by atomic mass is 10.1. The summed E-state index contributed by atoms with van der Waals surface area (Å²) in [4.78, 5) is 13.9. The lowest BCUT2D eigenvalue weighted by molar-refractivity contribution is 0.0531. The molecule has 1 aromatic heterocycles. The molecule has 2 aromatic rings. The Hall–Kier alpha value is -2.34. The minimum absolute atomic E-state index is 0.0304. The number of amides is 2. The number of nitrogens with one attached hydrogen (secondary N) is 1. The van der Waals surface area contributed by atoms with Crippen LogP contribution in [0.1, 0.15) is 11.1 Å². The van der Waals surface area contributed by atoms with Gasteiger partial charge in [-0.2, -0.15) is 5.10 Å². The third-order valence-corrected chi connectivity index (χ3v) is 3.74. The van der Waals surface area contributed by atoms with Crippen LogP contribution in [0.4, 0.5) is 4.79 Å². The van der Waals surface area contributed by atoms with E-state index >= 15 is 0 Å². The van der Waals surface area contributed by atoms with Crippen molar-refractivity contribution >= 4 is 6.03 Å². The van der Waals surface area contributed by atoms with Crippen LogP contribution >= 0.6 is 0 Å². The zero-order valence-corrected chi connectivity index (χ0v) is 12.4. The van der Waals surface area contributed by atoms with E-state index in [9.17, 15) is 4.79 Å². The van der Waals surface area contributed by atoms with Gasteiger partial charge in [0.05, 0.1) is 19.8 Å². The second-order valence-corrected chi connectivity index (χ2v) is 5.23. The van der Waals surface area contributed by atoms with Gasteiger partial charge in [-0.3, -0.25) is 4.68 Å². The van der Waals surface area contributed by atoms with E-state index in [1.165, 1.54) is 0 Å². The average molecular weight is 300 g/mol. The van der Waals surface area contributed by atoms with E-state index in [-0.39, 0.29) is 6.03 Å². The second kappa shape index (κ2) is 7.09. The molecular formula is C16H20N4O2. The van der Waals surface area contributed by atoms with Crippen molar-refractivity contribution in [3.05, 3.63) is 53.9 Å². The molecule has 2 heterocycles. The Kier molecular flexibility index (Phi) is 4.70. The molecule has 1 saturated heterocycles. The number of ether oxygens (including phenoxy) is 1. The van der Waals surface area contributed by atoms with E-state index in [1.807, 2.05) is 35.1 Å². The van der Waals surface area contributed by atoms with Crippen molar-refractivity contribution in [1.82, 2.24) is 20.0 Å². The molecule has 0 spiro atoms. The van der Waals surface area contributed by atoms with E-state index in [4.69, 9.17) is 4.74 Å². The monoisotopic (exact) mass is 300 g/mol. The Labute approximate surface area is 129 Å². The Morgan fingerprint density at radius 2 is 1.95 bits per heavy atom. The van der Waals surface area contributed by atoms with Crippen LogP contribution in [-0.2, 0) is 17.8 Å². The largest absolute Gasteiger partial charge is 0.378 e. The van der Waals surface area contributed by atoms with Gasteiger partial charge >= 0.3 is 6.03 Å². The molecule has 1 N–H and O–H groups in total. The van der Waals surface area contributed by atoms with Crippen LogP contribution in [-0.4, -0.2) is 47.0 Å². The molecule has 3 rings (SSSR count). The highest BCUT2D eigenvalue weighted by atomic mass is 16.5. The summed E-state index contributed by atoms with van der Waals surface area (Å²) in [6, 6.07) is 9.98. The molecule has 0 radical (unpaired) electrons. The van der Waals surface area contributed by atoms with Gasteiger partial charge in [0.15, 0.2) is 0 Å². The number of morpholine rings is 1. The SMILES string of the molecule is O=C(NCc1ccccc1Cn1cccn1)N1CCOCC1. The van der Waals surface area contributed by atoms with E-state index in [0.717, 1.165) is 11.1 Å². The Bertz CT molecular complexity index is 606. The first-order chi connectivity index (χ1) is 10.8. The molecule has 1 aromatic carbocycles. The van der Waals surface area contributed by atoms with Crippen LogP contribution in [0.2, 0.25) is 0 Å². The molecule has 0 aliphatic carbocycles. The van der Waals surface area contributed by atoms with E-state index in [0.29, 0.717) is 39.4 Å². The van der Waals surface area contributed by atoms with Crippen molar-refractivity contribution < 1.29 is 9.53 Å². The fourth-order valence-electron chi connectivity index (χ4n) is 2.50. The summed E-state index contributed by atoms with van der Waals surface area (Å²) < 4.78 is 7.14. The molecule has 6 nitrogen and oxygen atoms in total. The summed E-state index contributed by atoms with van der Waals surface area (Å²) in [5.41, 5.74) is 2.27. The molecule has 22 heavy (non-hydrogen) atoms. The molecule has 1 aliphatic rings. The van der Waals surface area contributed by atoms with Crippen molar-refractivity contribution in [1.29, 1.82) is 0 Å². The van der Waals surface area contributed by atoms with E-state index < -0.39 is 0 Å². The van der Waals surface area contributed by atoms with Crippen LogP contribution in [0.15, 0.2) is 42.7 Å². The molecule has 0 saturated carbocycles. The Balaban J connectivity index is 1.61. The first-order valence-electron chi connectivity index (χ1n) is 7.47. The predicted molar refractivity (Wildman–Crippen MR) is 82.4 cm³/mol. The van der Waals surface area contributed by atoms with Gasteiger partial charge in [-0.05, 0) is 17.2 Å². The zero-order valence-electron chi connectivity index (χ0n) is 12.4. The first-order valence-corrected chi connectivity index (χ1v) is 7.47. The molecule has 6 heteroatoms. The van der Waals surface area contributed by atoms with Gasteiger partial charge in [0, 0.05) is 32.0 Å². The summed E-state index contributed by atoms with van der Waals surface area (Å²) in [7, 11) is 0. The maximum absolute atomic E-state index is 12.1. The second-order valence-electron chi connectivity index (χ2n) is 5.23. The van der Waals surface area contributed by atoms with Crippen LogP contribution in [0, 0.1) is 0 Å². The number of nitrogens with zero attached hydrogens (tertiary/aromatic N) is 3. The van der Waals surface area contributed by atoms with E-state index in [1.54, 1.807) is 11.1 Å². The van der Waals surface area contributed by atoms with Crippen LogP contribution in [0.5, 0.6) is 0 Å². The summed E-state index contributed by atoms with van der Waals surface area (Å²) in [6.07, 6.45) is 3.70. The molecule has 1 aliphatic heterocycles. The average Bonchev–Trinajstić information content (AvgIpc) is 3.07. The number of rotatable bonds is 4. The number of carbonyl (C=O) groups excluding carboxylic acids is 1. The van der Waals surface area contributed by atoms with Crippen molar-refractivity contribution in [2.24, 2.45) is 0 Å². The smallest absolute Gasteiger partial charge is 0.317 e. The molecule has 0 bridgehead atoms. The van der Waals surface area contributed by atoms with Crippen LogP contribution in [0.25, 0.3) is 0 Å². The van der Waals surface area contributed by atoms with E-state index in [2.05, 4.69) is 16.5 Å². The van der Waals surface area contributed by atoms with Crippen molar-refractivity contribution in [3.8, 4) is 0 Å². The predicted octanol–water partition coefficient (Wildman–Crippen LogP) is 1.47. The highest BCUT2D eigenvalue weighted by molar-refractivity contribution is 5.74. The quantitative estimate of drug-likeness (QED) is 0.930. The lowest BCUT2D eigenvalue weighted by Crippen LogP contribution is -2.46. The standard InChI is InChI=1S/C16H20N4O2/c21-16(19-8-10-22-11-9-19)17-12-14-4-1-2-5-15(14)13-20-7-3-6-18-20/h1-7H,8-13H2,(H,17,21). The molecule has 116 valence electrons. The number of hydrogen-bond acceptors (Lipinski definition) is 3. The number of urea groups is 1. The number of benzene rings is 1. The Morgan fingerprint density at radius 1 is 1.18 bits per heavy atom. The molecule has 0 atom stereocenters. The van der Waals surface area contributed by atoms with Crippen LogP contribution in [0.3, 0.4) is 0 Å². The third-order valence-electron chi connectivity index (χ3n) is 3.74. The maximum atomic E-state index is 12.1. The number of aromatic nitrogens is 2. The zero-order chi connectivity index (χ0) is 15.2. The highest BCUT2D eigenvalue weighted by Gasteiger charge is 2.16. The van der Waals surface area contributed by atoms with Crippen LogP contribution < -0.4 is 5.32 Å². The fourth-order valence-corrected chi connectivity index (χ4v) is 2.50. The molecule has 1 fully saturated rings. The highest BCUT2D eigenvalue weighted by Crippen LogP contribution is 2.10. The van der Waals surface area contributed by atoms with Crippen molar-refractivity contribution in [2.75, 3.05) is 26.3 Å². The van der Waals surface area contributed by atoms with Gasteiger partial charge in [-0.15, -0.1) is 0 Å². The van der Waals surface area contributed by atoms with Gasteiger partial charge in [0.1, 0.15) is 0 Å². The molecule has 0 unspecified atom stereocenters. The third kappa shape index (κ3) is 3.65. The summed E-state index contributed by atoms with van der Waals surface area (Å²) in [5.74, 6) is 0. The normalized spacial score (nSPS) is 14.8. The first kappa shape index (κ1) is 14.6. The van der Waals surface area contributed by atoms with Gasteiger partial charge in [0.25, 0.3) is 0 Å². The van der Waals surface area contributed by atoms with Gasteiger partial charge in [-0.25, -0.2) is 4.79 Å². The van der Waals surface area contributed by atoms with Crippen molar-refractivity contribution in [2.45, 2.75) is 13.1 Å². The summed E-state index contributed by atoms with van der Waals surface area (Å²) in [5, 5.41) is 7.22. The topological polar surface area (TPSA) is 59.4 Å². The molecule has 2 amide bonds. The van der Waals surface area contributed by atoms with Gasteiger partial charge in [-0.1, -0.05) is 24.3 Å². The molecular weight excluding hydrogens is 280 g/mol. The summed E-state index contributed by atoms with van der Waals surface area (Å²) >= 11 is 0. The Morgan fingerprint density at radius 3 is 2.68 bits per heavy atom. The number of carbonyl (C=O) groups is 1. The van der Waals surface area contributed by atoms with Gasteiger partial charge < -0.3 is 15.0 Å². The lowest BCUT2D eigenvalue weighted by Gasteiger charge is -2.27. The summed E-state index contributed by atoms with van der Waals surface area (Å²) in [6.45, 7) is 3.76. The minimum atomic E-state index is -0.0304. The maximum Gasteiger partial charge on any atom is 0.317 e. The van der Waals surface area contributed by atoms with Gasteiger partial charge in [0.2, 0.25) is 0 Å². The number of hydrogen-bond donors (Lipinski definition) is 1. The fraction of sp³-hybridized carbons (Fsp3) is 0.375. The van der Waals surface area contributed by atoms with Crippen molar-refractivity contribution in [3.63, 3.8) is 0 Å². The minimum Gasteiger partial charge on any atom is -0.378 e.